The molecule has 0 spiro atoms. The van der Waals surface area contributed by atoms with Gasteiger partial charge in [0.05, 0.1) is 12.5 Å². The van der Waals surface area contributed by atoms with Crippen LogP contribution < -0.4 is 4.74 Å². The van der Waals surface area contributed by atoms with Gasteiger partial charge in [0.15, 0.2) is 5.78 Å². The first-order chi connectivity index (χ1) is 9.60. The molecule has 100 valence electrons. The van der Waals surface area contributed by atoms with Crippen molar-refractivity contribution in [1.82, 2.24) is 0 Å². The average Bonchev–Trinajstić information content (AvgIpc) is 2.41. The first-order valence-corrected chi connectivity index (χ1v) is 6.83. The van der Waals surface area contributed by atoms with Crippen LogP contribution in [0.25, 0.3) is 0 Å². The molecule has 0 aliphatic rings. The van der Waals surface area contributed by atoms with Crippen LogP contribution in [0.15, 0.2) is 46.9 Å². The first-order valence-electron chi connectivity index (χ1n) is 6.04. The fourth-order valence-electron chi connectivity index (χ4n) is 1.75. The summed E-state index contributed by atoms with van der Waals surface area (Å²) in [4.78, 5) is 11.3. The van der Waals surface area contributed by atoms with E-state index in [-0.39, 0.29) is 5.78 Å². The first kappa shape index (κ1) is 14.3. The Morgan fingerprint density at radius 3 is 2.40 bits per heavy atom. The van der Waals surface area contributed by atoms with Crippen molar-refractivity contribution in [2.24, 2.45) is 0 Å². The van der Waals surface area contributed by atoms with E-state index in [0.717, 1.165) is 5.56 Å². The topological polar surface area (TPSA) is 50.1 Å². The van der Waals surface area contributed by atoms with Gasteiger partial charge in [0, 0.05) is 10.0 Å². The monoisotopic (exact) mass is 329 g/mol. The Morgan fingerprint density at radius 1 is 1.20 bits per heavy atom. The lowest BCUT2D eigenvalue weighted by atomic mass is 10.1. The number of Topliss-reactive ketones (excluding diaryl/α,β-unsaturated/α-hetero) is 1. The summed E-state index contributed by atoms with van der Waals surface area (Å²) in [6.45, 7) is 1.52. The van der Waals surface area contributed by atoms with Crippen molar-refractivity contribution in [3.8, 4) is 17.6 Å². The predicted octanol–water partition coefficient (Wildman–Crippen LogP) is 4.51. The van der Waals surface area contributed by atoms with E-state index in [2.05, 4.69) is 22.0 Å². The van der Waals surface area contributed by atoms with E-state index in [1.54, 1.807) is 18.2 Å². The minimum absolute atomic E-state index is 0.00396. The Labute approximate surface area is 125 Å². The fourth-order valence-corrected chi connectivity index (χ4v) is 2.38. The smallest absolute Gasteiger partial charge is 0.160 e. The molecule has 0 aliphatic carbocycles. The maximum atomic E-state index is 11.3. The van der Waals surface area contributed by atoms with Gasteiger partial charge in [-0.3, -0.25) is 4.79 Å². The van der Waals surface area contributed by atoms with Crippen molar-refractivity contribution in [2.45, 2.75) is 13.3 Å². The molecule has 0 saturated heterocycles. The molecule has 0 saturated carbocycles. The second-order valence-electron chi connectivity index (χ2n) is 4.28. The molecule has 0 bridgehead atoms. The van der Waals surface area contributed by atoms with Crippen LogP contribution in [-0.2, 0) is 6.42 Å². The second kappa shape index (κ2) is 6.36. The molecule has 2 rings (SSSR count). The molecule has 0 aliphatic heterocycles. The van der Waals surface area contributed by atoms with Crippen LogP contribution in [-0.4, -0.2) is 5.78 Å². The molecule has 20 heavy (non-hydrogen) atoms. The highest BCUT2D eigenvalue weighted by molar-refractivity contribution is 9.10. The number of rotatable bonds is 4. The lowest BCUT2D eigenvalue weighted by molar-refractivity contribution is 0.101. The summed E-state index contributed by atoms with van der Waals surface area (Å²) in [6, 6.07) is 14.7. The summed E-state index contributed by atoms with van der Waals surface area (Å²) in [5.74, 6) is 1.34. The van der Waals surface area contributed by atoms with Gasteiger partial charge in [0.1, 0.15) is 11.5 Å². The summed E-state index contributed by atoms with van der Waals surface area (Å²) in [7, 11) is 0. The van der Waals surface area contributed by atoms with Gasteiger partial charge in [-0.05, 0) is 58.7 Å². The molecular formula is C16H12BrNO2. The van der Waals surface area contributed by atoms with E-state index in [0.29, 0.717) is 28.0 Å². The van der Waals surface area contributed by atoms with Crippen LogP contribution in [0.1, 0.15) is 22.8 Å². The summed E-state index contributed by atoms with van der Waals surface area (Å²) in [6.07, 6.45) is 0.388. The van der Waals surface area contributed by atoms with Gasteiger partial charge in [-0.15, -0.1) is 0 Å². The standard InChI is InChI=1S/C16H12BrNO2/c1-11(19)15-7-6-14(10-16(15)17)20-13-4-2-12(3-5-13)8-9-18/h2-7,10H,8H2,1H3. The van der Waals surface area contributed by atoms with Crippen molar-refractivity contribution in [3.05, 3.63) is 58.1 Å². The van der Waals surface area contributed by atoms with Gasteiger partial charge < -0.3 is 4.74 Å². The van der Waals surface area contributed by atoms with E-state index >= 15 is 0 Å². The van der Waals surface area contributed by atoms with E-state index in [1.807, 2.05) is 24.3 Å². The van der Waals surface area contributed by atoms with Crippen molar-refractivity contribution >= 4 is 21.7 Å². The highest BCUT2D eigenvalue weighted by Crippen LogP contribution is 2.27. The minimum Gasteiger partial charge on any atom is -0.457 e. The van der Waals surface area contributed by atoms with Gasteiger partial charge in [-0.1, -0.05) is 12.1 Å². The Hall–Kier alpha value is -2.12. The number of nitriles is 1. The largest absolute Gasteiger partial charge is 0.457 e. The van der Waals surface area contributed by atoms with Gasteiger partial charge in [0.2, 0.25) is 0 Å². The third-order valence-electron chi connectivity index (χ3n) is 2.76. The number of ether oxygens (including phenoxy) is 1. The Morgan fingerprint density at radius 2 is 1.85 bits per heavy atom. The molecule has 2 aromatic carbocycles. The molecule has 0 aromatic heterocycles. The zero-order valence-electron chi connectivity index (χ0n) is 10.9. The zero-order chi connectivity index (χ0) is 14.5. The molecule has 0 N–H and O–H groups in total. The van der Waals surface area contributed by atoms with Gasteiger partial charge in [-0.25, -0.2) is 0 Å². The third kappa shape index (κ3) is 3.46. The molecular weight excluding hydrogens is 318 g/mol. The Bertz CT molecular complexity index is 672. The number of halogens is 1. The van der Waals surface area contributed by atoms with Crippen molar-refractivity contribution in [2.75, 3.05) is 0 Å². The van der Waals surface area contributed by atoms with Crippen LogP contribution in [0, 0.1) is 11.3 Å². The van der Waals surface area contributed by atoms with Crippen molar-refractivity contribution < 1.29 is 9.53 Å². The fraction of sp³-hybridized carbons (Fsp3) is 0.125. The van der Waals surface area contributed by atoms with Gasteiger partial charge >= 0.3 is 0 Å². The highest BCUT2D eigenvalue weighted by atomic mass is 79.9. The van der Waals surface area contributed by atoms with Crippen LogP contribution in [0.2, 0.25) is 0 Å². The van der Waals surface area contributed by atoms with Crippen LogP contribution in [0.5, 0.6) is 11.5 Å². The van der Waals surface area contributed by atoms with E-state index in [4.69, 9.17) is 10.00 Å². The maximum absolute atomic E-state index is 11.3. The molecule has 0 amide bonds. The van der Waals surface area contributed by atoms with Crippen molar-refractivity contribution in [1.29, 1.82) is 5.26 Å². The molecule has 0 heterocycles. The summed E-state index contributed by atoms with van der Waals surface area (Å²) in [5.41, 5.74) is 1.58. The highest BCUT2D eigenvalue weighted by Gasteiger charge is 2.07. The summed E-state index contributed by atoms with van der Waals surface area (Å²) >= 11 is 3.36. The average molecular weight is 330 g/mol. The molecule has 0 radical (unpaired) electrons. The van der Waals surface area contributed by atoms with Crippen LogP contribution in [0.3, 0.4) is 0 Å². The van der Waals surface area contributed by atoms with E-state index in [9.17, 15) is 4.79 Å². The Balaban J connectivity index is 2.16. The maximum Gasteiger partial charge on any atom is 0.160 e. The SMILES string of the molecule is CC(=O)c1ccc(Oc2ccc(CC#N)cc2)cc1Br. The molecule has 2 aromatic rings. The van der Waals surface area contributed by atoms with Crippen LogP contribution in [0.4, 0.5) is 0 Å². The third-order valence-corrected chi connectivity index (χ3v) is 3.42. The zero-order valence-corrected chi connectivity index (χ0v) is 12.5. The molecule has 0 unspecified atom stereocenters. The molecule has 4 heteroatoms. The van der Waals surface area contributed by atoms with Crippen molar-refractivity contribution in [3.63, 3.8) is 0 Å². The lowest BCUT2D eigenvalue weighted by Crippen LogP contribution is -1.94. The predicted molar refractivity (Wildman–Crippen MR) is 80.0 cm³/mol. The normalized spacial score (nSPS) is 9.85. The lowest BCUT2D eigenvalue weighted by Gasteiger charge is -2.08. The number of carbonyl (C=O) groups excluding carboxylic acids is 1. The second-order valence-corrected chi connectivity index (χ2v) is 5.13. The number of ketones is 1. The Kier molecular flexibility index (Phi) is 4.54. The number of hydrogen-bond donors (Lipinski definition) is 0. The summed E-state index contributed by atoms with van der Waals surface area (Å²) < 4.78 is 6.41. The molecule has 0 atom stereocenters. The number of hydrogen-bond acceptors (Lipinski definition) is 3. The number of nitrogens with zero attached hydrogens (tertiary/aromatic N) is 1. The van der Waals surface area contributed by atoms with E-state index in [1.165, 1.54) is 6.92 Å². The molecule has 0 fully saturated rings. The number of benzene rings is 2. The van der Waals surface area contributed by atoms with Gasteiger partial charge in [-0.2, -0.15) is 5.26 Å². The molecule has 3 nitrogen and oxygen atoms in total. The summed E-state index contributed by atoms with van der Waals surface area (Å²) in [5, 5.41) is 8.61. The van der Waals surface area contributed by atoms with E-state index < -0.39 is 0 Å². The quantitative estimate of drug-likeness (QED) is 0.775. The minimum atomic E-state index is 0.00396. The van der Waals surface area contributed by atoms with Gasteiger partial charge in [0.25, 0.3) is 0 Å². The number of carbonyl (C=O) groups is 1. The van der Waals surface area contributed by atoms with Crippen LogP contribution >= 0.6 is 15.9 Å².